The van der Waals surface area contributed by atoms with Crippen molar-refractivity contribution in [1.82, 2.24) is 0 Å². The summed E-state index contributed by atoms with van der Waals surface area (Å²) in [7, 11) is 2.08. The van der Waals surface area contributed by atoms with E-state index in [0.29, 0.717) is 0 Å². The zero-order valence-electron chi connectivity index (χ0n) is 17.7. The Balaban J connectivity index is 1.92. The molecule has 1 aliphatic rings. The second kappa shape index (κ2) is 7.97. The summed E-state index contributed by atoms with van der Waals surface area (Å²) in [5.74, 6) is -0.392. The number of allylic oxidation sites excluding steroid dienone is 1. The maximum atomic E-state index is 12.7. The molecular formula is C25H27N3O. The standard InChI is InChI=1S/C25H27N3O/c1-6-19-9-7-8-10-22(19)27-24(29)20(16-26)13-18-11-12-23-21(14-18)17(2)15-25(3,4)28(23)5/h7-15H,6H2,1-5H3,(H,27,29)/b20-13-. The summed E-state index contributed by atoms with van der Waals surface area (Å²) in [5.41, 5.74) is 6.10. The summed E-state index contributed by atoms with van der Waals surface area (Å²) < 4.78 is 0. The first-order valence-electron chi connectivity index (χ1n) is 9.85. The summed E-state index contributed by atoms with van der Waals surface area (Å²) in [6.45, 7) is 8.49. The van der Waals surface area contributed by atoms with Gasteiger partial charge in [0.05, 0.1) is 5.54 Å². The normalized spacial score (nSPS) is 15.2. The molecule has 4 heteroatoms. The van der Waals surface area contributed by atoms with E-state index in [9.17, 15) is 10.1 Å². The maximum absolute atomic E-state index is 12.7. The molecule has 1 heterocycles. The highest BCUT2D eigenvalue weighted by atomic mass is 16.1. The van der Waals surface area contributed by atoms with E-state index < -0.39 is 5.91 Å². The summed E-state index contributed by atoms with van der Waals surface area (Å²) in [5, 5.41) is 12.4. The van der Waals surface area contributed by atoms with Gasteiger partial charge in [0.15, 0.2) is 0 Å². The van der Waals surface area contributed by atoms with Crippen LogP contribution in [0.5, 0.6) is 0 Å². The van der Waals surface area contributed by atoms with E-state index in [1.54, 1.807) is 6.08 Å². The number of fused-ring (bicyclic) bond motifs is 1. The minimum absolute atomic E-state index is 0.0567. The van der Waals surface area contributed by atoms with Gasteiger partial charge in [-0.25, -0.2) is 0 Å². The van der Waals surface area contributed by atoms with Crippen LogP contribution in [0.25, 0.3) is 11.6 Å². The van der Waals surface area contributed by atoms with Crippen LogP contribution in [0.3, 0.4) is 0 Å². The first-order chi connectivity index (χ1) is 13.8. The Labute approximate surface area is 173 Å². The van der Waals surface area contributed by atoms with E-state index >= 15 is 0 Å². The Hall–Kier alpha value is -3.32. The Kier molecular flexibility index (Phi) is 5.61. The maximum Gasteiger partial charge on any atom is 0.266 e. The number of hydrogen-bond acceptors (Lipinski definition) is 3. The van der Waals surface area contributed by atoms with E-state index in [1.165, 1.54) is 5.57 Å². The van der Waals surface area contributed by atoms with Crippen molar-refractivity contribution in [1.29, 1.82) is 5.26 Å². The van der Waals surface area contributed by atoms with Gasteiger partial charge < -0.3 is 10.2 Å². The molecule has 0 unspecified atom stereocenters. The smallest absolute Gasteiger partial charge is 0.266 e. The highest BCUT2D eigenvalue weighted by Gasteiger charge is 2.28. The number of benzene rings is 2. The molecule has 4 nitrogen and oxygen atoms in total. The monoisotopic (exact) mass is 385 g/mol. The van der Waals surface area contributed by atoms with Gasteiger partial charge in [0, 0.05) is 24.0 Å². The molecule has 0 saturated carbocycles. The molecule has 0 spiro atoms. The van der Waals surface area contributed by atoms with Gasteiger partial charge in [0.2, 0.25) is 0 Å². The fourth-order valence-electron chi connectivity index (χ4n) is 3.72. The first-order valence-corrected chi connectivity index (χ1v) is 9.85. The molecule has 0 aromatic heterocycles. The lowest BCUT2D eigenvalue weighted by molar-refractivity contribution is -0.112. The number of para-hydroxylation sites is 1. The largest absolute Gasteiger partial charge is 0.366 e. The topological polar surface area (TPSA) is 56.1 Å². The summed E-state index contributed by atoms with van der Waals surface area (Å²) in [6, 6.07) is 15.7. The molecule has 1 amide bonds. The average molecular weight is 386 g/mol. The van der Waals surface area contributed by atoms with Crippen LogP contribution in [0, 0.1) is 11.3 Å². The number of carbonyl (C=O) groups excluding carboxylic acids is 1. The predicted molar refractivity (Wildman–Crippen MR) is 121 cm³/mol. The molecule has 2 aromatic rings. The van der Waals surface area contributed by atoms with E-state index in [0.717, 1.165) is 34.5 Å². The van der Waals surface area contributed by atoms with Crippen LogP contribution < -0.4 is 10.2 Å². The third-order valence-corrected chi connectivity index (χ3v) is 5.56. The van der Waals surface area contributed by atoms with E-state index in [4.69, 9.17) is 0 Å². The molecule has 0 fully saturated rings. The minimum atomic E-state index is -0.392. The Morgan fingerprint density at radius 3 is 2.66 bits per heavy atom. The summed E-state index contributed by atoms with van der Waals surface area (Å²) in [6.07, 6.45) is 4.70. The van der Waals surface area contributed by atoms with Crippen molar-refractivity contribution in [2.75, 3.05) is 17.3 Å². The van der Waals surface area contributed by atoms with Gasteiger partial charge >= 0.3 is 0 Å². The van der Waals surface area contributed by atoms with Gasteiger partial charge in [-0.05, 0) is 68.2 Å². The Bertz CT molecular complexity index is 1050. The van der Waals surface area contributed by atoms with Gasteiger partial charge in [-0.2, -0.15) is 5.26 Å². The number of nitrogens with zero attached hydrogens (tertiary/aromatic N) is 2. The van der Waals surface area contributed by atoms with Crippen molar-refractivity contribution in [2.45, 2.75) is 39.7 Å². The number of hydrogen-bond donors (Lipinski definition) is 1. The van der Waals surface area contributed by atoms with Crippen LogP contribution in [0.1, 0.15) is 44.4 Å². The number of rotatable bonds is 4. The molecule has 0 aliphatic carbocycles. The number of aryl methyl sites for hydroxylation is 1. The van der Waals surface area contributed by atoms with Crippen molar-refractivity contribution < 1.29 is 4.79 Å². The minimum Gasteiger partial charge on any atom is -0.366 e. The lowest BCUT2D eigenvalue weighted by Gasteiger charge is -2.40. The molecule has 1 N–H and O–H groups in total. The van der Waals surface area contributed by atoms with Crippen molar-refractivity contribution in [3.8, 4) is 6.07 Å². The summed E-state index contributed by atoms with van der Waals surface area (Å²) >= 11 is 0. The molecular weight excluding hydrogens is 358 g/mol. The van der Waals surface area contributed by atoms with Crippen molar-refractivity contribution >= 4 is 28.9 Å². The molecule has 2 aromatic carbocycles. The number of amides is 1. The lowest BCUT2D eigenvalue weighted by Crippen LogP contribution is -2.42. The molecule has 3 rings (SSSR count). The van der Waals surface area contributed by atoms with Crippen LogP contribution in [0.2, 0.25) is 0 Å². The van der Waals surface area contributed by atoms with Gasteiger partial charge in [-0.15, -0.1) is 0 Å². The fraction of sp³-hybridized carbons (Fsp3) is 0.280. The molecule has 148 valence electrons. The molecule has 0 radical (unpaired) electrons. The average Bonchev–Trinajstić information content (AvgIpc) is 2.70. The predicted octanol–water partition coefficient (Wildman–Crippen LogP) is 5.43. The van der Waals surface area contributed by atoms with Gasteiger partial charge in [0.1, 0.15) is 11.6 Å². The van der Waals surface area contributed by atoms with E-state index in [2.05, 4.69) is 50.2 Å². The lowest BCUT2D eigenvalue weighted by atomic mass is 9.88. The van der Waals surface area contributed by atoms with Crippen molar-refractivity contribution in [3.05, 3.63) is 70.8 Å². The third kappa shape index (κ3) is 4.09. The highest BCUT2D eigenvalue weighted by molar-refractivity contribution is 6.10. The van der Waals surface area contributed by atoms with Crippen LogP contribution in [0.4, 0.5) is 11.4 Å². The number of anilines is 2. The second-order valence-electron chi connectivity index (χ2n) is 7.95. The fourth-order valence-corrected chi connectivity index (χ4v) is 3.72. The molecule has 0 saturated heterocycles. The first kappa shape index (κ1) is 20.4. The van der Waals surface area contributed by atoms with Crippen LogP contribution in [-0.2, 0) is 11.2 Å². The molecule has 1 aliphatic heterocycles. The zero-order chi connectivity index (χ0) is 21.2. The summed E-state index contributed by atoms with van der Waals surface area (Å²) in [4.78, 5) is 14.9. The highest BCUT2D eigenvalue weighted by Crippen LogP contribution is 2.38. The van der Waals surface area contributed by atoms with Gasteiger partial charge in [0.25, 0.3) is 5.91 Å². The van der Waals surface area contributed by atoms with Crippen LogP contribution in [-0.4, -0.2) is 18.5 Å². The second-order valence-corrected chi connectivity index (χ2v) is 7.95. The van der Waals surface area contributed by atoms with Crippen LogP contribution in [0.15, 0.2) is 54.1 Å². The van der Waals surface area contributed by atoms with Crippen molar-refractivity contribution in [3.63, 3.8) is 0 Å². The number of carbonyl (C=O) groups is 1. The SMILES string of the molecule is CCc1ccccc1NC(=O)/C(C#N)=C\c1ccc2c(c1)C(C)=CC(C)(C)N2C. The van der Waals surface area contributed by atoms with E-state index in [1.807, 2.05) is 49.4 Å². The zero-order valence-corrected chi connectivity index (χ0v) is 17.7. The van der Waals surface area contributed by atoms with Gasteiger partial charge in [-0.1, -0.05) is 37.3 Å². The Morgan fingerprint density at radius 1 is 1.24 bits per heavy atom. The Morgan fingerprint density at radius 2 is 1.97 bits per heavy atom. The third-order valence-electron chi connectivity index (χ3n) is 5.56. The van der Waals surface area contributed by atoms with E-state index in [-0.39, 0.29) is 11.1 Å². The molecule has 29 heavy (non-hydrogen) atoms. The number of likely N-dealkylation sites (N-methyl/N-ethyl adjacent to an activating group) is 1. The van der Waals surface area contributed by atoms with Crippen LogP contribution >= 0.6 is 0 Å². The van der Waals surface area contributed by atoms with Crippen molar-refractivity contribution in [2.24, 2.45) is 0 Å². The quantitative estimate of drug-likeness (QED) is 0.564. The molecule has 0 atom stereocenters. The molecule has 0 bridgehead atoms. The number of nitrogens with one attached hydrogen (secondary N) is 1. The number of nitriles is 1. The van der Waals surface area contributed by atoms with Gasteiger partial charge in [-0.3, -0.25) is 4.79 Å².